The Kier molecular flexibility index (Phi) is 5.04. The topological polar surface area (TPSA) is 78.8 Å². The molecule has 1 saturated heterocycles. The molecule has 3 rings (SSSR count). The second-order valence-corrected chi connectivity index (χ2v) is 6.45. The maximum absolute atomic E-state index is 13.0. The first-order chi connectivity index (χ1) is 12.7. The first kappa shape index (κ1) is 18.7. The van der Waals surface area contributed by atoms with Crippen molar-refractivity contribution in [3.05, 3.63) is 70.1 Å². The normalized spacial score (nSPS) is 17.4. The first-order valence-corrected chi connectivity index (χ1v) is 8.35. The predicted octanol–water partition coefficient (Wildman–Crippen LogP) is 4.30. The van der Waals surface area contributed by atoms with Crippen LogP contribution in [-0.4, -0.2) is 22.2 Å². The summed E-state index contributed by atoms with van der Waals surface area (Å²) in [5.74, 6) is -1.56. The van der Waals surface area contributed by atoms with Crippen molar-refractivity contribution < 1.29 is 27.9 Å². The Morgan fingerprint density at radius 2 is 1.78 bits per heavy atom. The fraction of sp³-hybridized carbons (Fsp3) is 0.0556. The van der Waals surface area contributed by atoms with Crippen LogP contribution in [0.25, 0.3) is 6.08 Å². The van der Waals surface area contributed by atoms with Crippen molar-refractivity contribution in [2.24, 2.45) is 4.99 Å². The third-order valence-electron chi connectivity index (χ3n) is 3.54. The quantitative estimate of drug-likeness (QED) is 0.764. The van der Waals surface area contributed by atoms with Crippen LogP contribution in [0.2, 0.25) is 0 Å². The van der Waals surface area contributed by atoms with Crippen LogP contribution in [0, 0.1) is 0 Å². The number of nitrogens with zero attached hydrogens (tertiary/aromatic N) is 1. The molecule has 1 amide bonds. The van der Waals surface area contributed by atoms with E-state index in [1.54, 1.807) is 0 Å². The number of thioether (sulfide) groups is 1. The molecule has 0 aliphatic carbocycles. The summed E-state index contributed by atoms with van der Waals surface area (Å²) in [5, 5.41) is 11.3. The second-order valence-electron chi connectivity index (χ2n) is 5.42. The van der Waals surface area contributed by atoms with Crippen LogP contribution in [0.4, 0.5) is 18.9 Å². The van der Waals surface area contributed by atoms with Crippen LogP contribution in [0.1, 0.15) is 21.5 Å². The van der Waals surface area contributed by atoms with Gasteiger partial charge in [-0.05, 0) is 47.7 Å². The molecule has 2 aromatic carbocycles. The molecule has 0 unspecified atom stereocenters. The molecule has 0 spiro atoms. The first-order valence-electron chi connectivity index (χ1n) is 7.53. The molecule has 1 aliphatic rings. The minimum Gasteiger partial charge on any atom is -0.478 e. The van der Waals surface area contributed by atoms with E-state index in [1.165, 1.54) is 48.5 Å². The summed E-state index contributed by atoms with van der Waals surface area (Å²) in [4.78, 5) is 27.0. The van der Waals surface area contributed by atoms with Crippen molar-refractivity contribution in [3.8, 4) is 0 Å². The number of carboxylic acid groups (broad SMARTS) is 1. The van der Waals surface area contributed by atoms with E-state index in [-0.39, 0.29) is 21.3 Å². The molecule has 0 saturated carbocycles. The number of amides is 1. The van der Waals surface area contributed by atoms with Gasteiger partial charge < -0.3 is 10.4 Å². The van der Waals surface area contributed by atoms with Gasteiger partial charge in [-0.15, -0.1) is 0 Å². The van der Waals surface area contributed by atoms with Gasteiger partial charge in [-0.3, -0.25) is 4.79 Å². The van der Waals surface area contributed by atoms with Gasteiger partial charge in [0.05, 0.1) is 21.7 Å². The maximum Gasteiger partial charge on any atom is 0.418 e. The zero-order valence-corrected chi connectivity index (χ0v) is 14.3. The number of carboxylic acids is 1. The van der Waals surface area contributed by atoms with Crippen LogP contribution in [0.3, 0.4) is 0 Å². The van der Waals surface area contributed by atoms with Crippen molar-refractivity contribution in [1.82, 2.24) is 5.32 Å². The molecular weight excluding hydrogens is 381 g/mol. The number of aliphatic imine (C=N–C) groups is 1. The SMILES string of the molecule is O=C1NC(=Nc2ccccc2C(F)(F)F)S/C1=C\c1ccc(C(=O)O)cc1. The standard InChI is InChI=1S/C18H11F3N2O3S/c19-18(20,21)12-3-1-2-4-13(12)22-17-23-15(24)14(27-17)9-10-5-7-11(8-6-10)16(25)26/h1-9H,(H,25,26)(H,22,23,24)/b14-9-. The molecule has 5 nitrogen and oxygen atoms in total. The number of para-hydroxylation sites is 1. The Balaban J connectivity index is 1.86. The van der Waals surface area contributed by atoms with Gasteiger partial charge in [0, 0.05) is 0 Å². The lowest BCUT2D eigenvalue weighted by atomic mass is 10.1. The van der Waals surface area contributed by atoms with Gasteiger partial charge in [-0.25, -0.2) is 9.79 Å². The molecular formula is C18H11F3N2O3S. The second kappa shape index (κ2) is 7.28. The molecule has 9 heteroatoms. The number of halogens is 3. The van der Waals surface area contributed by atoms with Gasteiger partial charge in [0.2, 0.25) is 0 Å². The molecule has 0 aromatic heterocycles. The number of hydrogen-bond acceptors (Lipinski definition) is 4. The molecule has 2 aromatic rings. The van der Waals surface area contributed by atoms with E-state index >= 15 is 0 Å². The van der Waals surface area contributed by atoms with Gasteiger partial charge in [0.25, 0.3) is 5.91 Å². The van der Waals surface area contributed by atoms with Gasteiger partial charge in [-0.1, -0.05) is 24.3 Å². The molecule has 2 N–H and O–H groups in total. The van der Waals surface area contributed by atoms with Gasteiger partial charge >= 0.3 is 12.1 Å². The average molecular weight is 392 g/mol. The number of aromatic carboxylic acids is 1. The Labute approximate surface area is 155 Å². The fourth-order valence-electron chi connectivity index (χ4n) is 2.27. The summed E-state index contributed by atoms with van der Waals surface area (Å²) in [6, 6.07) is 10.7. The van der Waals surface area contributed by atoms with Gasteiger partial charge in [0.15, 0.2) is 5.17 Å². The number of carbonyl (C=O) groups is 2. The van der Waals surface area contributed by atoms with Gasteiger partial charge in [0.1, 0.15) is 0 Å². The van der Waals surface area contributed by atoms with E-state index in [4.69, 9.17) is 5.11 Å². The summed E-state index contributed by atoms with van der Waals surface area (Å²) in [7, 11) is 0. The zero-order valence-electron chi connectivity index (χ0n) is 13.4. The van der Waals surface area contributed by atoms with E-state index in [0.717, 1.165) is 17.8 Å². The summed E-state index contributed by atoms with van der Waals surface area (Å²) in [6.45, 7) is 0. The van der Waals surface area contributed by atoms with Crippen LogP contribution >= 0.6 is 11.8 Å². The van der Waals surface area contributed by atoms with E-state index in [9.17, 15) is 22.8 Å². The molecule has 138 valence electrons. The minimum atomic E-state index is -4.56. The lowest BCUT2D eigenvalue weighted by Crippen LogP contribution is -2.19. The van der Waals surface area contributed by atoms with E-state index in [2.05, 4.69) is 10.3 Å². The number of carbonyl (C=O) groups excluding carboxylic acids is 1. The largest absolute Gasteiger partial charge is 0.478 e. The summed E-state index contributed by atoms with van der Waals surface area (Å²) < 4.78 is 39.1. The number of benzene rings is 2. The Hall–Kier alpha value is -3.07. The van der Waals surface area contributed by atoms with Crippen LogP contribution < -0.4 is 5.32 Å². The molecule has 1 fully saturated rings. The number of hydrogen-bond donors (Lipinski definition) is 2. The molecule has 0 radical (unpaired) electrons. The van der Waals surface area contributed by atoms with Crippen LogP contribution in [0.5, 0.6) is 0 Å². The molecule has 27 heavy (non-hydrogen) atoms. The predicted molar refractivity (Wildman–Crippen MR) is 95.7 cm³/mol. The number of alkyl halides is 3. The van der Waals surface area contributed by atoms with Crippen LogP contribution in [-0.2, 0) is 11.0 Å². The Morgan fingerprint density at radius 1 is 1.11 bits per heavy atom. The van der Waals surface area contributed by atoms with E-state index in [0.29, 0.717) is 5.56 Å². The molecule has 0 bridgehead atoms. The lowest BCUT2D eigenvalue weighted by Gasteiger charge is -2.09. The van der Waals surface area contributed by atoms with E-state index < -0.39 is 23.6 Å². The highest BCUT2D eigenvalue weighted by atomic mass is 32.2. The molecule has 0 atom stereocenters. The fourth-order valence-corrected chi connectivity index (χ4v) is 3.11. The zero-order chi connectivity index (χ0) is 19.6. The van der Waals surface area contributed by atoms with Crippen molar-refractivity contribution in [3.63, 3.8) is 0 Å². The highest BCUT2D eigenvalue weighted by Crippen LogP contribution is 2.37. The lowest BCUT2D eigenvalue weighted by molar-refractivity contribution is -0.137. The van der Waals surface area contributed by atoms with E-state index in [1.807, 2.05) is 0 Å². The van der Waals surface area contributed by atoms with Gasteiger partial charge in [-0.2, -0.15) is 13.2 Å². The maximum atomic E-state index is 13.0. The summed E-state index contributed by atoms with van der Waals surface area (Å²) in [6.07, 6.45) is -3.05. The van der Waals surface area contributed by atoms with Crippen molar-refractivity contribution in [1.29, 1.82) is 0 Å². The monoisotopic (exact) mass is 392 g/mol. The minimum absolute atomic E-state index is 0.0325. The number of nitrogens with one attached hydrogen (secondary N) is 1. The van der Waals surface area contributed by atoms with Crippen LogP contribution in [0.15, 0.2) is 58.4 Å². The highest BCUT2D eigenvalue weighted by Gasteiger charge is 2.34. The number of amidine groups is 1. The smallest absolute Gasteiger partial charge is 0.418 e. The van der Waals surface area contributed by atoms with Crippen molar-refractivity contribution in [2.75, 3.05) is 0 Å². The molecule has 1 aliphatic heterocycles. The van der Waals surface area contributed by atoms with Crippen molar-refractivity contribution in [2.45, 2.75) is 6.18 Å². The molecule has 1 heterocycles. The summed E-state index contributed by atoms with van der Waals surface area (Å²) in [5.41, 5.74) is -0.504. The number of rotatable bonds is 3. The van der Waals surface area contributed by atoms with Crippen molar-refractivity contribution >= 4 is 40.6 Å². The third kappa shape index (κ3) is 4.37. The Morgan fingerprint density at radius 3 is 2.41 bits per heavy atom. The average Bonchev–Trinajstić information content (AvgIpc) is 2.94. The third-order valence-corrected chi connectivity index (χ3v) is 4.45. The highest BCUT2D eigenvalue weighted by molar-refractivity contribution is 8.18. The summed E-state index contributed by atoms with van der Waals surface area (Å²) >= 11 is 0.905. The Bertz CT molecular complexity index is 967.